The van der Waals surface area contributed by atoms with E-state index in [0.29, 0.717) is 5.92 Å². The summed E-state index contributed by atoms with van der Waals surface area (Å²) >= 11 is 0. The Morgan fingerprint density at radius 1 is 1.13 bits per heavy atom. The van der Waals surface area contributed by atoms with E-state index in [0.717, 1.165) is 13.1 Å². The Labute approximate surface area is 94.5 Å². The molecular formula is C13H27NO. The zero-order valence-electron chi connectivity index (χ0n) is 10.2. The Morgan fingerprint density at radius 3 is 2.47 bits per heavy atom. The molecule has 1 fully saturated rings. The van der Waals surface area contributed by atoms with Gasteiger partial charge in [-0.25, -0.2) is 0 Å². The monoisotopic (exact) mass is 213 g/mol. The van der Waals surface area contributed by atoms with Crippen molar-refractivity contribution < 1.29 is 5.11 Å². The normalized spacial score (nSPS) is 18.0. The van der Waals surface area contributed by atoms with Crippen molar-refractivity contribution in [1.82, 2.24) is 5.32 Å². The molecule has 0 amide bonds. The van der Waals surface area contributed by atoms with Crippen molar-refractivity contribution in [1.29, 1.82) is 0 Å². The van der Waals surface area contributed by atoms with Crippen LogP contribution in [0.3, 0.4) is 0 Å². The predicted octanol–water partition coefficient (Wildman–Crippen LogP) is 2.71. The first-order valence-electron chi connectivity index (χ1n) is 6.73. The molecule has 1 atom stereocenters. The fraction of sp³-hybridized carbons (Fsp3) is 1.00. The average Bonchev–Trinajstić information content (AvgIpc) is 3.05. The highest BCUT2D eigenvalue weighted by Crippen LogP contribution is 2.32. The van der Waals surface area contributed by atoms with Crippen LogP contribution in [0.1, 0.15) is 58.3 Å². The van der Waals surface area contributed by atoms with E-state index in [1.807, 2.05) is 0 Å². The van der Waals surface area contributed by atoms with Crippen LogP contribution in [0.4, 0.5) is 0 Å². The zero-order valence-corrected chi connectivity index (χ0v) is 10.2. The lowest BCUT2D eigenvalue weighted by Gasteiger charge is -2.10. The molecule has 0 aromatic rings. The predicted molar refractivity (Wildman–Crippen MR) is 65.0 cm³/mol. The smallest absolute Gasteiger partial charge is 0.0692 e. The largest absolute Gasteiger partial charge is 0.392 e. The summed E-state index contributed by atoms with van der Waals surface area (Å²) in [6.45, 7) is 4.14. The molecule has 1 aliphatic rings. The van der Waals surface area contributed by atoms with Crippen molar-refractivity contribution in [3.63, 3.8) is 0 Å². The van der Waals surface area contributed by atoms with Gasteiger partial charge in [0.2, 0.25) is 0 Å². The minimum Gasteiger partial charge on any atom is -0.392 e. The van der Waals surface area contributed by atoms with E-state index in [9.17, 15) is 5.11 Å². The Morgan fingerprint density at radius 2 is 1.80 bits per heavy atom. The molecule has 15 heavy (non-hydrogen) atoms. The quantitative estimate of drug-likeness (QED) is 0.547. The summed E-state index contributed by atoms with van der Waals surface area (Å²) in [5, 5.41) is 12.9. The third-order valence-corrected chi connectivity index (χ3v) is 3.23. The lowest BCUT2D eigenvalue weighted by atomic mass is 10.1. The molecule has 0 radical (unpaired) electrons. The lowest BCUT2D eigenvalue weighted by molar-refractivity contribution is 0.149. The van der Waals surface area contributed by atoms with E-state index in [-0.39, 0.29) is 6.10 Å². The van der Waals surface area contributed by atoms with E-state index in [1.165, 1.54) is 51.4 Å². The van der Waals surface area contributed by atoms with Crippen LogP contribution in [0, 0.1) is 5.92 Å². The van der Waals surface area contributed by atoms with Gasteiger partial charge in [0.1, 0.15) is 0 Å². The molecule has 2 nitrogen and oxygen atoms in total. The third kappa shape index (κ3) is 6.91. The summed E-state index contributed by atoms with van der Waals surface area (Å²) in [6.07, 6.45) is 10.5. The molecule has 0 aromatic heterocycles. The van der Waals surface area contributed by atoms with Crippen LogP contribution < -0.4 is 5.32 Å². The van der Waals surface area contributed by atoms with Gasteiger partial charge in [0, 0.05) is 6.54 Å². The Hall–Kier alpha value is -0.0800. The highest BCUT2D eigenvalue weighted by atomic mass is 16.3. The summed E-state index contributed by atoms with van der Waals surface area (Å²) in [5.41, 5.74) is 0. The standard InChI is InChI=1S/C13H27NO/c1-2-3-4-5-6-7-10-14-11-13(15)12-8-9-12/h12-15H,2-11H2,1H3. The van der Waals surface area contributed by atoms with Crippen LogP contribution in [-0.4, -0.2) is 24.3 Å². The van der Waals surface area contributed by atoms with Gasteiger partial charge in [-0.2, -0.15) is 0 Å². The zero-order chi connectivity index (χ0) is 10.9. The minimum atomic E-state index is -0.0786. The van der Waals surface area contributed by atoms with Crippen molar-refractivity contribution in [2.24, 2.45) is 5.92 Å². The second-order valence-corrected chi connectivity index (χ2v) is 4.88. The van der Waals surface area contributed by atoms with Crippen molar-refractivity contribution in [3.05, 3.63) is 0 Å². The van der Waals surface area contributed by atoms with E-state index < -0.39 is 0 Å². The van der Waals surface area contributed by atoms with Gasteiger partial charge in [-0.05, 0) is 31.7 Å². The number of nitrogens with one attached hydrogen (secondary N) is 1. The first kappa shape index (κ1) is 13.0. The van der Waals surface area contributed by atoms with Gasteiger partial charge in [-0.1, -0.05) is 39.0 Å². The summed E-state index contributed by atoms with van der Waals surface area (Å²) < 4.78 is 0. The molecule has 0 saturated heterocycles. The fourth-order valence-electron chi connectivity index (χ4n) is 1.93. The second-order valence-electron chi connectivity index (χ2n) is 4.88. The molecule has 90 valence electrons. The number of aliphatic hydroxyl groups excluding tert-OH is 1. The topological polar surface area (TPSA) is 32.3 Å². The molecule has 1 rings (SSSR count). The van der Waals surface area contributed by atoms with E-state index >= 15 is 0 Å². The molecule has 0 bridgehead atoms. The van der Waals surface area contributed by atoms with Gasteiger partial charge in [0.05, 0.1) is 6.10 Å². The van der Waals surface area contributed by atoms with Gasteiger partial charge < -0.3 is 10.4 Å². The minimum absolute atomic E-state index is 0.0786. The van der Waals surface area contributed by atoms with Crippen molar-refractivity contribution >= 4 is 0 Å². The Balaban J connectivity index is 1.72. The maximum absolute atomic E-state index is 9.60. The molecule has 0 spiro atoms. The van der Waals surface area contributed by atoms with Crippen LogP contribution in [0.25, 0.3) is 0 Å². The summed E-state index contributed by atoms with van der Waals surface area (Å²) in [6, 6.07) is 0. The second kappa shape index (κ2) is 8.12. The fourth-order valence-corrected chi connectivity index (χ4v) is 1.93. The number of rotatable bonds is 10. The van der Waals surface area contributed by atoms with Crippen LogP contribution >= 0.6 is 0 Å². The van der Waals surface area contributed by atoms with Gasteiger partial charge in [0.15, 0.2) is 0 Å². The molecule has 2 N–H and O–H groups in total. The average molecular weight is 213 g/mol. The molecule has 1 unspecified atom stereocenters. The van der Waals surface area contributed by atoms with E-state index in [4.69, 9.17) is 0 Å². The number of hydrogen-bond acceptors (Lipinski definition) is 2. The summed E-state index contributed by atoms with van der Waals surface area (Å²) in [7, 11) is 0. The molecular weight excluding hydrogens is 186 g/mol. The van der Waals surface area contributed by atoms with Crippen molar-refractivity contribution in [2.45, 2.75) is 64.4 Å². The first-order valence-corrected chi connectivity index (χ1v) is 6.73. The van der Waals surface area contributed by atoms with Crippen molar-refractivity contribution in [3.8, 4) is 0 Å². The molecule has 0 aliphatic heterocycles. The summed E-state index contributed by atoms with van der Waals surface area (Å²) in [4.78, 5) is 0. The molecule has 0 aromatic carbocycles. The van der Waals surface area contributed by atoms with Gasteiger partial charge in [0.25, 0.3) is 0 Å². The highest BCUT2D eigenvalue weighted by molar-refractivity contribution is 4.81. The number of aliphatic hydroxyl groups is 1. The van der Waals surface area contributed by atoms with E-state index in [1.54, 1.807) is 0 Å². The Kier molecular flexibility index (Phi) is 7.03. The maximum atomic E-state index is 9.60. The van der Waals surface area contributed by atoms with Gasteiger partial charge in [-0.3, -0.25) is 0 Å². The SMILES string of the molecule is CCCCCCCCNCC(O)C1CC1. The maximum Gasteiger partial charge on any atom is 0.0692 e. The molecule has 1 aliphatic carbocycles. The first-order chi connectivity index (χ1) is 7.34. The molecule has 0 heterocycles. The van der Waals surface area contributed by atoms with Gasteiger partial charge in [-0.15, -0.1) is 0 Å². The van der Waals surface area contributed by atoms with E-state index in [2.05, 4.69) is 12.2 Å². The number of hydrogen-bond donors (Lipinski definition) is 2. The highest BCUT2D eigenvalue weighted by Gasteiger charge is 2.28. The van der Waals surface area contributed by atoms with Crippen molar-refractivity contribution in [2.75, 3.05) is 13.1 Å². The van der Waals surface area contributed by atoms with Crippen LogP contribution in [0.2, 0.25) is 0 Å². The van der Waals surface area contributed by atoms with Crippen LogP contribution in [-0.2, 0) is 0 Å². The Bertz CT molecular complexity index is 145. The molecule has 2 heteroatoms. The number of unbranched alkanes of at least 4 members (excludes halogenated alkanes) is 5. The molecule has 1 saturated carbocycles. The van der Waals surface area contributed by atoms with Crippen LogP contribution in [0.5, 0.6) is 0 Å². The van der Waals surface area contributed by atoms with Gasteiger partial charge >= 0.3 is 0 Å². The summed E-state index contributed by atoms with van der Waals surface area (Å²) in [5.74, 6) is 0.613. The lowest BCUT2D eigenvalue weighted by Crippen LogP contribution is -2.28. The third-order valence-electron chi connectivity index (χ3n) is 3.23. The van der Waals surface area contributed by atoms with Crippen LogP contribution in [0.15, 0.2) is 0 Å².